The second-order valence-corrected chi connectivity index (χ2v) is 7.11. The van der Waals surface area contributed by atoms with Crippen LogP contribution in [0.1, 0.15) is 26.3 Å². The number of anilines is 1. The summed E-state index contributed by atoms with van der Waals surface area (Å²) >= 11 is 0. The maximum Gasteiger partial charge on any atom is 0.407 e. The van der Waals surface area contributed by atoms with Crippen molar-refractivity contribution in [3.8, 4) is 0 Å². The van der Waals surface area contributed by atoms with E-state index in [1.807, 2.05) is 16.9 Å². The van der Waals surface area contributed by atoms with Gasteiger partial charge in [0.1, 0.15) is 13.2 Å². The Balaban J connectivity index is 1.47. The van der Waals surface area contributed by atoms with Crippen molar-refractivity contribution in [1.82, 2.24) is 16.2 Å². The lowest BCUT2D eigenvalue weighted by molar-refractivity contribution is -0.126. The molecule has 0 radical (unpaired) electrons. The van der Waals surface area contributed by atoms with E-state index in [2.05, 4.69) is 10.6 Å². The van der Waals surface area contributed by atoms with Gasteiger partial charge in [-0.05, 0) is 29.8 Å². The zero-order chi connectivity index (χ0) is 25.0. The fourth-order valence-corrected chi connectivity index (χ4v) is 2.85. The molecule has 0 aromatic heterocycles. The van der Waals surface area contributed by atoms with Gasteiger partial charge in [-0.15, -0.1) is 0 Å². The standard InChI is InChI=1S/C25H22N4O6/c30-21(15-26-25(34)35-16-17-9-3-1-4-10-17)28-29-24(33)22(31)19-13-7-8-14-20(19)27-23(32)18-11-5-2-6-12-18/h1-14H,15-16H2,(H,26,34)(H,27,32)(H,28,30)(H,29,33). The summed E-state index contributed by atoms with van der Waals surface area (Å²) in [5, 5.41) is 4.82. The molecule has 35 heavy (non-hydrogen) atoms. The highest BCUT2D eigenvalue weighted by molar-refractivity contribution is 6.44. The number of ketones is 1. The number of benzene rings is 3. The van der Waals surface area contributed by atoms with Crippen LogP contribution in [0.2, 0.25) is 0 Å². The molecule has 4 amide bonds. The zero-order valence-corrected chi connectivity index (χ0v) is 18.4. The molecule has 0 saturated carbocycles. The molecule has 0 aliphatic heterocycles. The molecule has 0 heterocycles. The largest absolute Gasteiger partial charge is 0.445 e. The molecule has 3 aromatic carbocycles. The summed E-state index contributed by atoms with van der Waals surface area (Å²) in [6, 6.07) is 23.3. The Labute approximate surface area is 200 Å². The number of hydrogen-bond acceptors (Lipinski definition) is 6. The molecule has 0 atom stereocenters. The van der Waals surface area contributed by atoms with Crippen molar-refractivity contribution in [2.75, 3.05) is 11.9 Å². The van der Waals surface area contributed by atoms with Crippen LogP contribution in [0.4, 0.5) is 10.5 Å². The summed E-state index contributed by atoms with van der Waals surface area (Å²) in [6.45, 7) is -0.467. The molecular formula is C25H22N4O6. The third-order valence-electron chi connectivity index (χ3n) is 4.58. The number of Topliss-reactive ketones (excluding diaryl/α,β-unsaturated/α-hetero) is 1. The van der Waals surface area contributed by atoms with Crippen molar-refractivity contribution < 1.29 is 28.7 Å². The van der Waals surface area contributed by atoms with Gasteiger partial charge < -0.3 is 15.4 Å². The number of carbonyl (C=O) groups is 5. The molecule has 0 unspecified atom stereocenters. The maximum atomic E-state index is 12.6. The summed E-state index contributed by atoms with van der Waals surface area (Å²) in [5.74, 6) is -3.35. The predicted molar refractivity (Wildman–Crippen MR) is 126 cm³/mol. The predicted octanol–water partition coefficient (Wildman–Crippen LogP) is 2.20. The van der Waals surface area contributed by atoms with Gasteiger partial charge >= 0.3 is 12.0 Å². The van der Waals surface area contributed by atoms with Crippen LogP contribution >= 0.6 is 0 Å². The van der Waals surface area contributed by atoms with Crippen LogP contribution in [0.5, 0.6) is 0 Å². The van der Waals surface area contributed by atoms with E-state index in [0.717, 1.165) is 5.56 Å². The average molecular weight is 474 g/mol. The van der Waals surface area contributed by atoms with E-state index in [9.17, 15) is 24.0 Å². The number of nitrogens with one attached hydrogen (secondary N) is 4. The quantitative estimate of drug-likeness (QED) is 0.224. The molecular weight excluding hydrogens is 452 g/mol. The number of hydrogen-bond donors (Lipinski definition) is 4. The van der Waals surface area contributed by atoms with E-state index in [4.69, 9.17) is 4.74 Å². The van der Waals surface area contributed by atoms with Crippen molar-refractivity contribution in [1.29, 1.82) is 0 Å². The van der Waals surface area contributed by atoms with Gasteiger partial charge in [-0.1, -0.05) is 60.7 Å². The van der Waals surface area contributed by atoms with Crippen molar-refractivity contribution in [3.63, 3.8) is 0 Å². The van der Waals surface area contributed by atoms with E-state index in [0.29, 0.717) is 5.56 Å². The van der Waals surface area contributed by atoms with Crippen LogP contribution in [0.25, 0.3) is 0 Å². The third kappa shape index (κ3) is 7.53. The topological polar surface area (TPSA) is 143 Å². The first-order valence-corrected chi connectivity index (χ1v) is 10.5. The maximum absolute atomic E-state index is 12.6. The number of ether oxygens (including phenoxy) is 1. The number of alkyl carbamates (subject to hydrolysis) is 1. The first-order chi connectivity index (χ1) is 16.9. The molecule has 178 valence electrons. The summed E-state index contributed by atoms with van der Waals surface area (Å²) in [6.07, 6.45) is -0.825. The van der Waals surface area contributed by atoms with E-state index in [-0.39, 0.29) is 17.9 Å². The van der Waals surface area contributed by atoms with Gasteiger partial charge in [-0.2, -0.15) is 0 Å². The SMILES string of the molecule is O=C(CNC(=O)OCc1ccccc1)NNC(=O)C(=O)c1ccccc1NC(=O)c1ccccc1. The lowest BCUT2D eigenvalue weighted by atomic mass is 10.1. The minimum absolute atomic E-state index is 0.0275. The third-order valence-corrected chi connectivity index (χ3v) is 4.58. The lowest BCUT2D eigenvalue weighted by Crippen LogP contribution is -2.48. The Morgan fingerprint density at radius 1 is 0.714 bits per heavy atom. The first-order valence-electron chi connectivity index (χ1n) is 10.5. The van der Waals surface area contributed by atoms with Crippen LogP contribution in [0.15, 0.2) is 84.9 Å². The van der Waals surface area contributed by atoms with Crippen molar-refractivity contribution in [3.05, 3.63) is 102 Å². The zero-order valence-electron chi connectivity index (χ0n) is 18.4. The van der Waals surface area contributed by atoms with Gasteiger partial charge in [-0.3, -0.25) is 30.0 Å². The van der Waals surface area contributed by atoms with Gasteiger partial charge in [0.25, 0.3) is 17.6 Å². The van der Waals surface area contributed by atoms with Crippen molar-refractivity contribution in [2.24, 2.45) is 0 Å². The van der Waals surface area contributed by atoms with Crippen LogP contribution in [0, 0.1) is 0 Å². The summed E-state index contributed by atoms with van der Waals surface area (Å²) in [5.41, 5.74) is 5.24. The Kier molecular flexibility index (Phi) is 8.66. The second-order valence-electron chi connectivity index (χ2n) is 7.11. The fraction of sp³-hybridized carbons (Fsp3) is 0.0800. The minimum Gasteiger partial charge on any atom is -0.445 e. The summed E-state index contributed by atoms with van der Waals surface area (Å²) in [4.78, 5) is 60.8. The van der Waals surface area contributed by atoms with Gasteiger partial charge in [0.15, 0.2) is 0 Å². The van der Waals surface area contributed by atoms with Gasteiger partial charge in [0.2, 0.25) is 0 Å². The average Bonchev–Trinajstić information content (AvgIpc) is 2.90. The summed E-state index contributed by atoms with van der Waals surface area (Å²) in [7, 11) is 0. The Hall–Kier alpha value is -4.99. The highest BCUT2D eigenvalue weighted by atomic mass is 16.5. The van der Waals surface area contributed by atoms with Gasteiger partial charge in [-0.25, -0.2) is 4.79 Å². The molecule has 0 saturated heterocycles. The monoisotopic (exact) mass is 474 g/mol. The van der Waals surface area contributed by atoms with Crippen molar-refractivity contribution >= 4 is 35.3 Å². The van der Waals surface area contributed by atoms with E-state index in [1.54, 1.807) is 60.7 Å². The number of amides is 4. The van der Waals surface area contributed by atoms with E-state index >= 15 is 0 Å². The lowest BCUT2D eigenvalue weighted by Gasteiger charge is -2.11. The Bertz CT molecular complexity index is 1210. The van der Waals surface area contributed by atoms with Gasteiger partial charge in [0, 0.05) is 5.56 Å². The number of para-hydroxylation sites is 1. The Morgan fingerprint density at radius 3 is 2.06 bits per heavy atom. The highest BCUT2D eigenvalue weighted by Gasteiger charge is 2.21. The normalized spacial score (nSPS) is 9.94. The van der Waals surface area contributed by atoms with Gasteiger partial charge in [0.05, 0.1) is 11.3 Å². The molecule has 3 rings (SSSR count). The smallest absolute Gasteiger partial charge is 0.407 e. The van der Waals surface area contributed by atoms with Crippen LogP contribution in [0.3, 0.4) is 0 Å². The second kappa shape index (κ2) is 12.3. The van der Waals surface area contributed by atoms with Crippen LogP contribution < -0.4 is 21.5 Å². The molecule has 10 heteroatoms. The van der Waals surface area contributed by atoms with E-state index in [1.165, 1.54) is 18.2 Å². The molecule has 0 aliphatic rings. The molecule has 4 N–H and O–H groups in total. The first kappa shape index (κ1) is 24.6. The Morgan fingerprint density at radius 2 is 1.34 bits per heavy atom. The van der Waals surface area contributed by atoms with Crippen molar-refractivity contribution in [2.45, 2.75) is 6.61 Å². The molecule has 0 spiro atoms. The molecule has 3 aromatic rings. The molecule has 0 aliphatic carbocycles. The number of hydrazine groups is 1. The number of carbonyl (C=O) groups excluding carboxylic acids is 5. The molecule has 0 fully saturated rings. The highest BCUT2D eigenvalue weighted by Crippen LogP contribution is 2.17. The van der Waals surface area contributed by atoms with Crippen LogP contribution in [-0.4, -0.2) is 36.1 Å². The molecule has 0 bridgehead atoms. The molecule has 10 nitrogen and oxygen atoms in total. The minimum atomic E-state index is -1.13. The van der Waals surface area contributed by atoms with Crippen LogP contribution in [-0.2, 0) is 20.9 Å². The number of rotatable bonds is 8. The summed E-state index contributed by atoms with van der Waals surface area (Å²) < 4.78 is 4.97. The fourth-order valence-electron chi connectivity index (χ4n) is 2.85. The van der Waals surface area contributed by atoms with E-state index < -0.39 is 36.1 Å².